The molecule has 0 aliphatic carbocycles. The van der Waals surface area contributed by atoms with E-state index in [1.54, 1.807) is 0 Å². The summed E-state index contributed by atoms with van der Waals surface area (Å²) in [6, 6.07) is 0. The van der Waals surface area contributed by atoms with Gasteiger partial charge in [0.2, 0.25) is 3.79 Å². The maximum absolute atomic E-state index is 5.47. The van der Waals surface area contributed by atoms with Crippen LogP contribution in [0.25, 0.3) is 0 Å². The fraction of sp³-hybridized carbons (Fsp3) is 1.00. The molecule has 5 heteroatoms. The molecular weight excluding hydrogens is 210 g/mol. The van der Waals surface area contributed by atoms with E-state index in [-0.39, 0.29) is 6.61 Å². The molecule has 0 heterocycles. The Morgan fingerprint density at radius 1 is 1.20 bits per heavy atom. The van der Waals surface area contributed by atoms with Crippen molar-refractivity contribution in [3.05, 3.63) is 0 Å². The smallest absolute Gasteiger partial charge is 0.212 e. The van der Waals surface area contributed by atoms with Gasteiger partial charge in [0.15, 0.2) is 8.32 Å². The first-order valence-electron chi connectivity index (χ1n) is 2.91. The molecule has 0 aliphatic rings. The van der Waals surface area contributed by atoms with Crippen LogP contribution < -0.4 is 0 Å². The molecule has 0 amide bonds. The number of rotatable bonds is 2. The van der Waals surface area contributed by atoms with Gasteiger partial charge in [0.05, 0.1) is 6.61 Å². The molecule has 62 valence electrons. The molecule has 0 bridgehead atoms. The summed E-state index contributed by atoms with van der Waals surface area (Å²) in [5.41, 5.74) is 0. The van der Waals surface area contributed by atoms with Crippen LogP contribution >= 0.6 is 34.8 Å². The van der Waals surface area contributed by atoms with E-state index in [0.717, 1.165) is 0 Å². The molecule has 0 aliphatic heterocycles. The second-order valence-corrected chi connectivity index (χ2v) is 10.0. The Hall–Kier alpha value is 1.05. The van der Waals surface area contributed by atoms with Crippen LogP contribution in [0, 0.1) is 0 Å². The Balaban J connectivity index is 3.56. The third-order valence-corrected chi connectivity index (χ3v) is 2.01. The minimum absolute atomic E-state index is 0.188. The van der Waals surface area contributed by atoms with Crippen molar-refractivity contribution in [1.82, 2.24) is 0 Å². The summed E-state index contributed by atoms with van der Waals surface area (Å²) in [6.45, 7) is 6.32. The van der Waals surface area contributed by atoms with E-state index < -0.39 is 12.1 Å². The molecule has 0 fully saturated rings. The fourth-order valence-corrected chi connectivity index (χ4v) is 1.39. The lowest BCUT2D eigenvalue weighted by Gasteiger charge is -2.20. The van der Waals surface area contributed by atoms with E-state index >= 15 is 0 Å². The molecule has 0 atom stereocenters. The number of hydrogen-bond donors (Lipinski definition) is 0. The molecule has 10 heavy (non-hydrogen) atoms. The van der Waals surface area contributed by atoms with Gasteiger partial charge in [0.1, 0.15) is 0 Å². The van der Waals surface area contributed by atoms with Crippen LogP contribution in [-0.4, -0.2) is 18.7 Å². The molecule has 0 saturated carbocycles. The average Bonchev–Trinajstić information content (AvgIpc) is 1.57. The third kappa shape index (κ3) is 9.05. The van der Waals surface area contributed by atoms with Crippen molar-refractivity contribution in [1.29, 1.82) is 0 Å². The van der Waals surface area contributed by atoms with Crippen molar-refractivity contribution >= 4 is 43.1 Å². The first-order valence-corrected chi connectivity index (χ1v) is 7.46. The Labute approximate surface area is 77.7 Å². The maximum atomic E-state index is 5.47. The minimum atomic E-state index is -1.52. The zero-order chi connectivity index (χ0) is 8.41. The number of hydrogen-bond acceptors (Lipinski definition) is 1. The van der Waals surface area contributed by atoms with Gasteiger partial charge in [0, 0.05) is 0 Å². The van der Waals surface area contributed by atoms with Gasteiger partial charge in [-0.05, 0) is 19.6 Å². The quantitative estimate of drug-likeness (QED) is 0.514. The molecule has 0 aromatic heterocycles. The number of alkyl halides is 3. The molecule has 0 N–H and O–H groups in total. The molecule has 0 aromatic rings. The Morgan fingerprint density at radius 3 is 1.70 bits per heavy atom. The second kappa shape index (κ2) is 3.63. The van der Waals surface area contributed by atoms with Gasteiger partial charge in [-0.3, -0.25) is 0 Å². The normalized spacial score (nSPS) is 13.8. The Kier molecular flexibility index (Phi) is 4.01. The van der Waals surface area contributed by atoms with Gasteiger partial charge < -0.3 is 4.43 Å². The largest absolute Gasteiger partial charge is 0.413 e. The van der Waals surface area contributed by atoms with E-state index in [2.05, 4.69) is 0 Å². The molecule has 0 aromatic carbocycles. The fourth-order valence-electron chi connectivity index (χ4n) is 0.298. The highest BCUT2D eigenvalue weighted by Gasteiger charge is 2.24. The van der Waals surface area contributed by atoms with Gasteiger partial charge in [-0.15, -0.1) is 0 Å². The zero-order valence-corrected chi connectivity index (χ0v) is 9.52. The van der Waals surface area contributed by atoms with Gasteiger partial charge in [-0.2, -0.15) is 0 Å². The van der Waals surface area contributed by atoms with Crippen molar-refractivity contribution in [2.45, 2.75) is 23.4 Å². The van der Waals surface area contributed by atoms with Gasteiger partial charge >= 0.3 is 0 Å². The molecule has 0 saturated heterocycles. The minimum Gasteiger partial charge on any atom is -0.413 e. The van der Waals surface area contributed by atoms with Crippen LogP contribution in [0.1, 0.15) is 0 Å². The summed E-state index contributed by atoms with van der Waals surface area (Å²) in [6.07, 6.45) is 0. The van der Waals surface area contributed by atoms with E-state index in [1.165, 1.54) is 0 Å². The van der Waals surface area contributed by atoms with Crippen LogP contribution in [0.4, 0.5) is 0 Å². The highest BCUT2D eigenvalue weighted by molar-refractivity contribution is 6.71. The molecule has 0 radical (unpaired) electrons. The summed E-state index contributed by atoms with van der Waals surface area (Å²) >= 11 is 16.4. The lowest BCUT2D eigenvalue weighted by Crippen LogP contribution is -2.30. The summed E-state index contributed by atoms with van der Waals surface area (Å²) in [5.74, 6) is 0. The molecular formula is C5H11Cl3OSi. The molecule has 1 nitrogen and oxygen atoms in total. The predicted octanol–water partition coefficient (Wildman–Crippen LogP) is 3.21. The first-order chi connectivity index (χ1) is 4.21. The van der Waals surface area contributed by atoms with E-state index in [1.807, 2.05) is 19.6 Å². The van der Waals surface area contributed by atoms with Gasteiger partial charge in [-0.25, -0.2) is 0 Å². The van der Waals surface area contributed by atoms with Crippen LogP contribution in [0.3, 0.4) is 0 Å². The van der Waals surface area contributed by atoms with Gasteiger partial charge in [-0.1, -0.05) is 34.8 Å². The molecule has 0 spiro atoms. The summed E-state index contributed by atoms with van der Waals surface area (Å²) in [5, 5.41) is 0. The lowest BCUT2D eigenvalue weighted by molar-refractivity contribution is 0.320. The SMILES string of the molecule is C[Si](C)(C)OCC(Cl)(Cl)Cl. The van der Waals surface area contributed by atoms with E-state index in [0.29, 0.717) is 0 Å². The summed E-state index contributed by atoms with van der Waals surface area (Å²) in [7, 11) is -1.52. The van der Waals surface area contributed by atoms with Crippen molar-refractivity contribution in [2.75, 3.05) is 6.61 Å². The van der Waals surface area contributed by atoms with E-state index in [9.17, 15) is 0 Å². The molecule has 0 unspecified atom stereocenters. The van der Waals surface area contributed by atoms with Crippen LogP contribution in [-0.2, 0) is 4.43 Å². The average molecular weight is 222 g/mol. The third-order valence-electron chi connectivity index (χ3n) is 0.669. The van der Waals surface area contributed by atoms with E-state index in [4.69, 9.17) is 39.2 Å². The van der Waals surface area contributed by atoms with Crippen LogP contribution in [0.2, 0.25) is 19.6 Å². The monoisotopic (exact) mass is 220 g/mol. The Morgan fingerprint density at radius 2 is 1.60 bits per heavy atom. The second-order valence-electron chi connectivity index (χ2n) is 3.02. The van der Waals surface area contributed by atoms with Crippen LogP contribution in [0.5, 0.6) is 0 Å². The first kappa shape index (κ1) is 11.0. The van der Waals surface area contributed by atoms with Crippen molar-refractivity contribution in [3.63, 3.8) is 0 Å². The number of halogens is 3. The zero-order valence-electron chi connectivity index (χ0n) is 6.25. The maximum Gasteiger partial charge on any atom is 0.212 e. The topological polar surface area (TPSA) is 9.23 Å². The lowest BCUT2D eigenvalue weighted by atomic mass is 10.9. The predicted molar refractivity (Wildman–Crippen MR) is 49.6 cm³/mol. The van der Waals surface area contributed by atoms with Crippen LogP contribution in [0.15, 0.2) is 0 Å². The van der Waals surface area contributed by atoms with Crippen molar-refractivity contribution in [3.8, 4) is 0 Å². The van der Waals surface area contributed by atoms with Crippen molar-refractivity contribution in [2.24, 2.45) is 0 Å². The van der Waals surface area contributed by atoms with Gasteiger partial charge in [0.25, 0.3) is 0 Å². The standard InChI is InChI=1S/C5H11Cl3OSi/c1-10(2,3)9-4-5(6,7)8/h4H2,1-3H3. The highest BCUT2D eigenvalue weighted by atomic mass is 35.6. The van der Waals surface area contributed by atoms with Crippen molar-refractivity contribution < 1.29 is 4.43 Å². The molecule has 0 rings (SSSR count). The Bertz CT molecular complexity index is 90.4. The highest BCUT2D eigenvalue weighted by Crippen LogP contribution is 2.27. The summed E-state index contributed by atoms with van der Waals surface area (Å²) < 4.78 is 4.07. The summed E-state index contributed by atoms with van der Waals surface area (Å²) in [4.78, 5) is 0.